The Morgan fingerprint density at radius 2 is 1.96 bits per heavy atom. The summed E-state index contributed by atoms with van der Waals surface area (Å²) in [5, 5.41) is 17.5. The first-order chi connectivity index (χ1) is 13.6. The Balaban J connectivity index is 1.69. The summed E-state index contributed by atoms with van der Waals surface area (Å²) in [6.45, 7) is 6.36. The van der Waals surface area contributed by atoms with Crippen molar-refractivity contribution in [3.63, 3.8) is 0 Å². The van der Waals surface area contributed by atoms with E-state index in [1.165, 1.54) is 18.4 Å². The van der Waals surface area contributed by atoms with Gasteiger partial charge >= 0.3 is 0 Å². The number of aliphatic imine (C=N–C) groups is 1. The average Bonchev–Trinajstić information content (AvgIpc) is 3.39. The summed E-state index contributed by atoms with van der Waals surface area (Å²) in [6.07, 6.45) is 6.42. The summed E-state index contributed by atoms with van der Waals surface area (Å²) < 4.78 is 5.44. The molecule has 3 rings (SSSR count). The van der Waals surface area contributed by atoms with E-state index in [1.54, 1.807) is 7.11 Å². The monoisotopic (exact) mass is 388 g/mol. The molecule has 1 aromatic rings. The zero-order valence-corrected chi connectivity index (χ0v) is 17.4. The Kier molecular flexibility index (Phi) is 7.57. The molecule has 1 aliphatic carbocycles. The van der Waals surface area contributed by atoms with Crippen LogP contribution in [0.25, 0.3) is 0 Å². The fourth-order valence-electron chi connectivity index (χ4n) is 4.31. The number of methoxy groups -OCH3 is 1. The first-order valence-corrected chi connectivity index (χ1v) is 10.8. The average molecular weight is 389 g/mol. The fraction of sp³-hybridized carbons (Fsp3) is 0.682. The molecule has 1 atom stereocenters. The van der Waals surface area contributed by atoms with Gasteiger partial charge in [0, 0.05) is 13.1 Å². The summed E-state index contributed by atoms with van der Waals surface area (Å²) in [5.74, 6) is 1.68. The zero-order valence-electron chi connectivity index (χ0n) is 17.4. The van der Waals surface area contributed by atoms with Crippen LogP contribution in [0.1, 0.15) is 57.1 Å². The number of rotatable bonds is 8. The third-order valence-corrected chi connectivity index (χ3v) is 5.93. The van der Waals surface area contributed by atoms with E-state index in [-0.39, 0.29) is 6.04 Å². The lowest BCUT2D eigenvalue weighted by atomic mass is 10.0. The SMILES string of the molecule is CCNC(=NCC1(O)CCCC1)NCC(c1cccc(OC)c1)N1CCCC1. The Labute approximate surface area is 169 Å². The second-order valence-corrected chi connectivity index (χ2v) is 8.04. The van der Waals surface area contributed by atoms with Crippen LogP contribution in [0.2, 0.25) is 0 Å². The molecule has 6 nitrogen and oxygen atoms in total. The predicted octanol–water partition coefficient (Wildman–Crippen LogP) is 2.69. The van der Waals surface area contributed by atoms with E-state index in [0.29, 0.717) is 6.54 Å². The van der Waals surface area contributed by atoms with E-state index >= 15 is 0 Å². The number of hydrogen-bond donors (Lipinski definition) is 3. The lowest BCUT2D eigenvalue weighted by molar-refractivity contribution is 0.0574. The van der Waals surface area contributed by atoms with Gasteiger partial charge in [0.15, 0.2) is 5.96 Å². The topological polar surface area (TPSA) is 69.1 Å². The maximum atomic E-state index is 10.6. The van der Waals surface area contributed by atoms with E-state index in [1.807, 2.05) is 6.07 Å². The van der Waals surface area contributed by atoms with Gasteiger partial charge < -0.3 is 20.5 Å². The first kappa shape index (κ1) is 20.9. The minimum Gasteiger partial charge on any atom is -0.497 e. The van der Waals surface area contributed by atoms with Crippen LogP contribution < -0.4 is 15.4 Å². The quantitative estimate of drug-likeness (QED) is 0.472. The smallest absolute Gasteiger partial charge is 0.191 e. The molecule has 6 heteroatoms. The van der Waals surface area contributed by atoms with Crippen molar-refractivity contribution in [2.24, 2.45) is 4.99 Å². The summed E-state index contributed by atoms with van der Waals surface area (Å²) in [7, 11) is 1.71. The highest BCUT2D eigenvalue weighted by atomic mass is 16.5. The third-order valence-electron chi connectivity index (χ3n) is 5.93. The van der Waals surface area contributed by atoms with Crippen molar-refractivity contribution in [1.82, 2.24) is 15.5 Å². The van der Waals surface area contributed by atoms with Crippen molar-refractivity contribution in [1.29, 1.82) is 0 Å². The lowest BCUT2D eigenvalue weighted by Crippen LogP contribution is -2.43. The van der Waals surface area contributed by atoms with Crippen LogP contribution in [-0.4, -0.2) is 61.4 Å². The Bertz CT molecular complexity index is 637. The fourth-order valence-corrected chi connectivity index (χ4v) is 4.31. The summed E-state index contributed by atoms with van der Waals surface area (Å²) in [4.78, 5) is 7.23. The number of hydrogen-bond acceptors (Lipinski definition) is 4. The molecule has 156 valence electrons. The normalized spacial score (nSPS) is 20.9. The molecule has 28 heavy (non-hydrogen) atoms. The molecular formula is C22H36N4O2. The number of guanidine groups is 1. The summed E-state index contributed by atoms with van der Waals surface area (Å²) in [6, 6.07) is 8.64. The summed E-state index contributed by atoms with van der Waals surface area (Å²) in [5.41, 5.74) is 0.641. The molecule has 1 saturated carbocycles. The Morgan fingerprint density at radius 1 is 1.21 bits per heavy atom. The zero-order chi connectivity index (χ0) is 19.8. The second kappa shape index (κ2) is 10.1. The van der Waals surface area contributed by atoms with Gasteiger partial charge in [-0.2, -0.15) is 0 Å². The number of ether oxygens (including phenoxy) is 1. The van der Waals surface area contributed by atoms with E-state index in [2.05, 4.69) is 40.7 Å². The molecule has 1 aliphatic heterocycles. The predicted molar refractivity (Wildman–Crippen MR) is 114 cm³/mol. The number of nitrogens with zero attached hydrogens (tertiary/aromatic N) is 2. The minimum atomic E-state index is -0.622. The van der Waals surface area contributed by atoms with Gasteiger partial charge in [-0.1, -0.05) is 25.0 Å². The maximum Gasteiger partial charge on any atom is 0.191 e. The van der Waals surface area contributed by atoms with Crippen LogP contribution in [0.5, 0.6) is 5.75 Å². The van der Waals surface area contributed by atoms with Crippen LogP contribution in [0.15, 0.2) is 29.3 Å². The van der Waals surface area contributed by atoms with E-state index < -0.39 is 5.60 Å². The van der Waals surface area contributed by atoms with Gasteiger partial charge in [0.1, 0.15) is 5.75 Å². The molecule has 0 aromatic heterocycles. The minimum absolute atomic E-state index is 0.274. The van der Waals surface area contributed by atoms with Crippen molar-refractivity contribution < 1.29 is 9.84 Å². The molecule has 1 saturated heterocycles. The standard InChI is InChI=1S/C22H36N4O2/c1-3-23-21(25-17-22(27)11-4-5-12-22)24-16-20(26-13-6-7-14-26)18-9-8-10-19(15-18)28-2/h8-10,15,20,27H,3-7,11-14,16-17H2,1-2H3,(H2,23,24,25). The van der Waals surface area contributed by atoms with Gasteiger partial charge in [-0.3, -0.25) is 9.89 Å². The number of nitrogens with one attached hydrogen (secondary N) is 2. The lowest BCUT2D eigenvalue weighted by Gasteiger charge is -2.29. The van der Waals surface area contributed by atoms with E-state index in [0.717, 1.165) is 63.6 Å². The van der Waals surface area contributed by atoms with Gasteiger partial charge in [0.25, 0.3) is 0 Å². The van der Waals surface area contributed by atoms with Gasteiger partial charge in [-0.25, -0.2) is 0 Å². The molecule has 2 aliphatic rings. The molecule has 3 N–H and O–H groups in total. The highest BCUT2D eigenvalue weighted by Crippen LogP contribution is 2.30. The largest absolute Gasteiger partial charge is 0.497 e. The molecule has 0 amide bonds. The summed E-state index contributed by atoms with van der Waals surface area (Å²) >= 11 is 0. The molecule has 0 radical (unpaired) electrons. The van der Waals surface area contributed by atoms with Gasteiger partial charge in [-0.05, 0) is 63.4 Å². The maximum absolute atomic E-state index is 10.6. The molecule has 1 unspecified atom stereocenters. The van der Waals surface area contributed by atoms with E-state index in [9.17, 15) is 5.11 Å². The van der Waals surface area contributed by atoms with Gasteiger partial charge in [0.2, 0.25) is 0 Å². The molecule has 1 aromatic carbocycles. The highest BCUT2D eigenvalue weighted by molar-refractivity contribution is 5.79. The van der Waals surface area contributed by atoms with Crippen LogP contribution in [0, 0.1) is 0 Å². The molecular weight excluding hydrogens is 352 g/mol. The van der Waals surface area contributed by atoms with Crippen LogP contribution >= 0.6 is 0 Å². The van der Waals surface area contributed by atoms with Gasteiger partial charge in [-0.15, -0.1) is 0 Å². The third kappa shape index (κ3) is 5.61. The van der Waals surface area contributed by atoms with Crippen molar-refractivity contribution in [2.75, 3.05) is 39.8 Å². The Hall–Kier alpha value is -1.79. The molecule has 1 heterocycles. The van der Waals surface area contributed by atoms with E-state index in [4.69, 9.17) is 9.73 Å². The highest BCUT2D eigenvalue weighted by Gasteiger charge is 2.31. The number of benzene rings is 1. The van der Waals surface area contributed by atoms with Crippen LogP contribution in [0.4, 0.5) is 0 Å². The molecule has 2 fully saturated rings. The number of likely N-dealkylation sites (tertiary alicyclic amines) is 1. The molecule has 0 spiro atoms. The van der Waals surface area contributed by atoms with Crippen molar-refractivity contribution >= 4 is 5.96 Å². The molecule has 0 bridgehead atoms. The number of aliphatic hydroxyl groups is 1. The van der Waals surface area contributed by atoms with Gasteiger partial charge in [0.05, 0.1) is 25.3 Å². The first-order valence-electron chi connectivity index (χ1n) is 10.8. The second-order valence-electron chi connectivity index (χ2n) is 8.04. The van der Waals surface area contributed by atoms with Crippen molar-refractivity contribution in [2.45, 2.75) is 57.1 Å². The van der Waals surface area contributed by atoms with Crippen LogP contribution in [-0.2, 0) is 0 Å². The van der Waals surface area contributed by atoms with Crippen molar-refractivity contribution in [3.8, 4) is 5.75 Å². The Morgan fingerprint density at radius 3 is 2.64 bits per heavy atom. The van der Waals surface area contributed by atoms with Crippen molar-refractivity contribution in [3.05, 3.63) is 29.8 Å². The van der Waals surface area contributed by atoms with Crippen LogP contribution in [0.3, 0.4) is 0 Å².